The van der Waals surface area contributed by atoms with E-state index in [1.165, 1.54) is 6.07 Å². The highest BCUT2D eigenvalue weighted by Gasteiger charge is 2.46. The highest BCUT2D eigenvalue weighted by atomic mass is 16.7. The quantitative estimate of drug-likeness (QED) is 0.312. The number of Topliss-reactive ketones (excluding diaryl/α,β-unsaturated/α-hetero) is 1. The van der Waals surface area contributed by atoms with E-state index in [1.807, 2.05) is 0 Å². The van der Waals surface area contributed by atoms with Crippen LogP contribution in [0.4, 0.5) is 0 Å². The van der Waals surface area contributed by atoms with Gasteiger partial charge in [0.1, 0.15) is 41.1 Å². The summed E-state index contributed by atoms with van der Waals surface area (Å²) in [6, 6.07) is 5.71. The fraction of sp³-hybridized carbons (Fsp3) is 0.350. The van der Waals surface area contributed by atoms with Gasteiger partial charge in [-0.2, -0.15) is 0 Å². The molecule has 0 radical (unpaired) electrons. The predicted octanol–water partition coefficient (Wildman–Crippen LogP) is -0.350. The zero-order chi connectivity index (χ0) is 22.4. The zero-order valence-electron chi connectivity index (χ0n) is 15.8. The average molecular weight is 436 g/mol. The number of carbonyl (C=O) groups excluding carboxylic acids is 1. The number of phenolic OH excluding ortho intramolecular Hbond substituents is 4. The van der Waals surface area contributed by atoms with Gasteiger partial charge in [-0.25, -0.2) is 0 Å². The normalized spacial score (nSPS) is 30.5. The zero-order valence-corrected chi connectivity index (χ0v) is 15.8. The number of ketones is 1. The minimum atomic E-state index is -1.69. The number of benzene rings is 2. The van der Waals surface area contributed by atoms with Crippen LogP contribution in [0, 0.1) is 0 Å². The second-order valence-electron chi connectivity index (χ2n) is 7.30. The van der Waals surface area contributed by atoms with Crippen molar-refractivity contribution in [1.29, 1.82) is 0 Å². The lowest BCUT2D eigenvalue weighted by Gasteiger charge is -2.39. The van der Waals surface area contributed by atoms with Gasteiger partial charge in [0.2, 0.25) is 5.78 Å². The van der Waals surface area contributed by atoms with Crippen molar-refractivity contribution in [3.63, 3.8) is 0 Å². The van der Waals surface area contributed by atoms with E-state index >= 15 is 0 Å². The molecular weight excluding hydrogens is 416 g/mol. The van der Waals surface area contributed by atoms with E-state index in [1.54, 1.807) is 0 Å². The van der Waals surface area contributed by atoms with Crippen molar-refractivity contribution < 1.29 is 54.8 Å². The van der Waals surface area contributed by atoms with E-state index in [0.29, 0.717) is 0 Å². The molecule has 0 bridgehead atoms. The van der Waals surface area contributed by atoms with Crippen molar-refractivity contribution in [2.24, 2.45) is 0 Å². The van der Waals surface area contributed by atoms with Gasteiger partial charge in [-0.3, -0.25) is 4.79 Å². The number of aromatic hydroxyl groups is 4. The third-order valence-corrected chi connectivity index (χ3v) is 5.16. The van der Waals surface area contributed by atoms with E-state index in [-0.39, 0.29) is 29.2 Å². The van der Waals surface area contributed by atoms with E-state index in [4.69, 9.17) is 14.2 Å². The first-order chi connectivity index (χ1) is 14.7. The van der Waals surface area contributed by atoms with Crippen LogP contribution in [-0.2, 0) is 9.47 Å². The number of phenols is 4. The SMILES string of the molecule is O=C1c2c(O)cc(O)cc2O[C@H](c2ccc(O)c(O)c2)[C@@H]1O[C@@H]1OC[C@H](O)[C@H](O)[C@H]1O. The number of fused-ring (bicyclic) bond motifs is 1. The second-order valence-corrected chi connectivity index (χ2v) is 7.30. The summed E-state index contributed by atoms with van der Waals surface area (Å²) in [5.74, 6) is -2.78. The predicted molar refractivity (Wildman–Crippen MR) is 99.9 cm³/mol. The highest BCUT2D eigenvalue weighted by molar-refractivity contribution is 6.05. The molecule has 11 nitrogen and oxygen atoms in total. The molecule has 2 aliphatic rings. The minimum absolute atomic E-state index is 0.152. The van der Waals surface area contributed by atoms with E-state index in [0.717, 1.165) is 24.3 Å². The Kier molecular flexibility index (Phi) is 5.37. The summed E-state index contributed by atoms with van der Waals surface area (Å²) in [5.41, 5.74) is -0.0963. The maximum atomic E-state index is 13.2. The lowest BCUT2D eigenvalue weighted by molar-refractivity contribution is -0.283. The van der Waals surface area contributed by atoms with Crippen molar-refractivity contribution in [2.75, 3.05) is 6.61 Å². The van der Waals surface area contributed by atoms with Crippen LogP contribution in [0.15, 0.2) is 30.3 Å². The van der Waals surface area contributed by atoms with Gasteiger partial charge in [-0.05, 0) is 17.7 Å². The van der Waals surface area contributed by atoms with E-state index in [9.17, 15) is 40.5 Å². The van der Waals surface area contributed by atoms with Gasteiger partial charge in [0.15, 0.2) is 30.0 Å². The number of hydrogen-bond donors (Lipinski definition) is 7. The summed E-state index contributed by atoms with van der Waals surface area (Å²) in [5, 5.41) is 69.0. The molecule has 2 heterocycles. The molecule has 0 aliphatic carbocycles. The van der Waals surface area contributed by atoms with Crippen LogP contribution >= 0.6 is 0 Å². The highest BCUT2D eigenvalue weighted by Crippen LogP contribution is 2.44. The summed E-state index contributed by atoms with van der Waals surface area (Å²) in [7, 11) is 0. The van der Waals surface area contributed by atoms with Crippen molar-refractivity contribution in [1.82, 2.24) is 0 Å². The lowest BCUT2D eigenvalue weighted by atomic mass is 9.92. The van der Waals surface area contributed by atoms with Crippen LogP contribution in [0.25, 0.3) is 0 Å². The molecule has 2 aliphatic heterocycles. The molecule has 2 aromatic rings. The second kappa shape index (κ2) is 7.87. The van der Waals surface area contributed by atoms with Gasteiger partial charge in [-0.15, -0.1) is 0 Å². The van der Waals surface area contributed by atoms with Crippen LogP contribution in [0.2, 0.25) is 0 Å². The topological polar surface area (TPSA) is 186 Å². The standard InChI is InChI=1S/C20H20O11/c21-8-4-11(24)14-13(5-8)30-18(7-1-2-9(22)10(23)3-7)19(16(14)27)31-20-17(28)15(26)12(25)6-29-20/h1-5,12,15,17-26,28H,6H2/t12-,15-,17+,18+,19+,20-/m0/s1. The molecule has 4 rings (SSSR count). The third-order valence-electron chi connectivity index (χ3n) is 5.16. The van der Waals surface area contributed by atoms with Gasteiger partial charge in [-0.1, -0.05) is 6.07 Å². The molecule has 0 spiro atoms. The van der Waals surface area contributed by atoms with Gasteiger partial charge in [0.05, 0.1) is 6.61 Å². The Bertz CT molecular complexity index is 1010. The van der Waals surface area contributed by atoms with Crippen LogP contribution in [-0.4, -0.2) is 78.8 Å². The number of aliphatic hydroxyl groups is 3. The molecule has 11 heteroatoms. The molecule has 0 aromatic heterocycles. The third kappa shape index (κ3) is 3.73. The van der Waals surface area contributed by atoms with Gasteiger partial charge >= 0.3 is 0 Å². The lowest BCUT2D eigenvalue weighted by Crippen LogP contribution is -2.56. The molecule has 6 atom stereocenters. The van der Waals surface area contributed by atoms with Crippen LogP contribution in [0.5, 0.6) is 28.7 Å². The van der Waals surface area contributed by atoms with Gasteiger partial charge in [0.25, 0.3) is 0 Å². The molecule has 1 fully saturated rings. The first-order valence-corrected chi connectivity index (χ1v) is 9.27. The van der Waals surface area contributed by atoms with Crippen LogP contribution in [0.1, 0.15) is 22.0 Å². The first kappa shape index (κ1) is 21.2. The Morgan fingerprint density at radius 2 is 1.65 bits per heavy atom. The largest absolute Gasteiger partial charge is 0.508 e. The summed E-state index contributed by atoms with van der Waals surface area (Å²) >= 11 is 0. The van der Waals surface area contributed by atoms with Crippen molar-refractivity contribution in [3.05, 3.63) is 41.5 Å². The van der Waals surface area contributed by atoms with Crippen molar-refractivity contribution in [3.8, 4) is 28.7 Å². The molecule has 31 heavy (non-hydrogen) atoms. The fourth-order valence-corrected chi connectivity index (χ4v) is 3.54. The Morgan fingerprint density at radius 3 is 2.35 bits per heavy atom. The molecular formula is C20H20O11. The number of aliphatic hydroxyl groups excluding tert-OH is 3. The molecule has 7 N–H and O–H groups in total. The Hall–Kier alpha value is -3.09. The minimum Gasteiger partial charge on any atom is -0.508 e. The number of carbonyl (C=O) groups is 1. The first-order valence-electron chi connectivity index (χ1n) is 9.27. The van der Waals surface area contributed by atoms with Crippen molar-refractivity contribution >= 4 is 5.78 Å². The molecule has 0 amide bonds. The Balaban J connectivity index is 1.74. The molecule has 1 saturated heterocycles. The van der Waals surface area contributed by atoms with Crippen LogP contribution in [0.3, 0.4) is 0 Å². The maximum absolute atomic E-state index is 13.2. The summed E-state index contributed by atoms with van der Waals surface area (Å²) in [6.45, 7) is -0.370. The van der Waals surface area contributed by atoms with Crippen molar-refractivity contribution in [2.45, 2.75) is 36.8 Å². The number of rotatable bonds is 3. The number of ether oxygens (including phenoxy) is 3. The Labute approximate surface area is 174 Å². The van der Waals surface area contributed by atoms with E-state index < -0.39 is 59.8 Å². The summed E-state index contributed by atoms with van der Waals surface area (Å²) in [6.07, 6.45) is -8.95. The van der Waals surface area contributed by atoms with Gasteiger partial charge < -0.3 is 50.0 Å². The molecule has 0 saturated carbocycles. The smallest absolute Gasteiger partial charge is 0.203 e. The van der Waals surface area contributed by atoms with Gasteiger partial charge in [0, 0.05) is 12.1 Å². The maximum Gasteiger partial charge on any atom is 0.203 e. The molecule has 166 valence electrons. The summed E-state index contributed by atoms with van der Waals surface area (Å²) < 4.78 is 16.6. The monoisotopic (exact) mass is 436 g/mol. The average Bonchev–Trinajstić information content (AvgIpc) is 2.71. The summed E-state index contributed by atoms with van der Waals surface area (Å²) in [4.78, 5) is 13.2. The molecule has 0 unspecified atom stereocenters. The Morgan fingerprint density at radius 1 is 0.903 bits per heavy atom. The number of hydrogen-bond acceptors (Lipinski definition) is 11. The van der Waals surface area contributed by atoms with E-state index in [2.05, 4.69) is 0 Å². The molecule has 2 aromatic carbocycles. The fourth-order valence-electron chi connectivity index (χ4n) is 3.54. The van der Waals surface area contributed by atoms with Crippen LogP contribution < -0.4 is 4.74 Å².